The predicted octanol–water partition coefficient (Wildman–Crippen LogP) is 3.68. The first kappa shape index (κ1) is 18.7. The first-order chi connectivity index (χ1) is 12.5. The van der Waals surface area contributed by atoms with Crippen molar-refractivity contribution in [1.29, 1.82) is 0 Å². The monoisotopic (exact) mass is 372 g/mol. The molecule has 0 aromatic heterocycles. The van der Waals surface area contributed by atoms with Gasteiger partial charge in [-0.3, -0.25) is 9.69 Å². The van der Waals surface area contributed by atoms with Crippen molar-refractivity contribution in [3.8, 4) is 5.75 Å². The van der Waals surface area contributed by atoms with Gasteiger partial charge in [0.15, 0.2) is 6.61 Å². The van der Waals surface area contributed by atoms with Gasteiger partial charge in [-0.15, -0.1) is 0 Å². The molecule has 2 aromatic carbocycles. The van der Waals surface area contributed by atoms with E-state index in [2.05, 4.69) is 23.1 Å². The molecule has 2 aromatic rings. The third kappa shape index (κ3) is 5.23. The third-order valence-corrected chi connectivity index (χ3v) is 4.85. The molecule has 0 radical (unpaired) electrons. The highest BCUT2D eigenvalue weighted by Crippen LogP contribution is 2.17. The van der Waals surface area contributed by atoms with Crippen LogP contribution in [-0.2, 0) is 11.3 Å². The Bertz CT molecular complexity index is 733. The Morgan fingerprint density at radius 2 is 1.62 bits per heavy atom. The fourth-order valence-electron chi connectivity index (χ4n) is 3.26. The van der Waals surface area contributed by atoms with Crippen LogP contribution in [0.1, 0.15) is 16.7 Å². The van der Waals surface area contributed by atoms with Crippen LogP contribution in [0.25, 0.3) is 0 Å². The molecule has 0 atom stereocenters. The van der Waals surface area contributed by atoms with Crippen LogP contribution in [0.5, 0.6) is 5.75 Å². The largest absolute Gasteiger partial charge is 0.484 e. The summed E-state index contributed by atoms with van der Waals surface area (Å²) in [4.78, 5) is 16.7. The van der Waals surface area contributed by atoms with Gasteiger partial charge in [-0.25, -0.2) is 0 Å². The van der Waals surface area contributed by atoms with Crippen molar-refractivity contribution in [2.24, 2.45) is 0 Å². The van der Waals surface area contributed by atoms with Gasteiger partial charge in [0, 0.05) is 37.7 Å². The number of hydrogen-bond donors (Lipinski definition) is 0. The topological polar surface area (TPSA) is 32.8 Å². The van der Waals surface area contributed by atoms with E-state index in [0.717, 1.165) is 54.6 Å². The van der Waals surface area contributed by atoms with Crippen LogP contribution < -0.4 is 4.74 Å². The Morgan fingerprint density at radius 1 is 1.00 bits per heavy atom. The molecule has 0 N–H and O–H groups in total. The molecule has 1 saturated heterocycles. The maximum absolute atomic E-state index is 12.4. The van der Waals surface area contributed by atoms with E-state index in [4.69, 9.17) is 16.3 Å². The van der Waals surface area contributed by atoms with Crippen molar-refractivity contribution in [2.75, 3.05) is 32.8 Å². The minimum atomic E-state index is 0.0512. The van der Waals surface area contributed by atoms with E-state index in [1.807, 2.05) is 43.0 Å². The van der Waals surface area contributed by atoms with Gasteiger partial charge in [-0.1, -0.05) is 29.8 Å². The number of halogens is 1. The SMILES string of the molecule is Cc1cc(C)cc(OCC(=O)N2CCN(Cc3ccc(Cl)cc3)CC2)c1. The van der Waals surface area contributed by atoms with Crippen LogP contribution in [0.3, 0.4) is 0 Å². The number of piperazine rings is 1. The van der Waals surface area contributed by atoms with Crippen LogP contribution in [0.15, 0.2) is 42.5 Å². The Kier molecular flexibility index (Phi) is 6.17. The van der Waals surface area contributed by atoms with Gasteiger partial charge in [0.1, 0.15) is 5.75 Å². The normalized spacial score (nSPS) is 15.1. The highest BCUT2D eigenvalue weighted by atomic mass is 35.5. The number of carbonyl (C=O) groups excluding carboxylic acids is 1. The molecule has 4 nitrogen and oxygen atoms in total. The minimum Gasteiger partial charge on any atom is -0.484 e. The van der Waals surface area contributed by atoms with Gasteiger partial charge in [0.05, 0.1) is 0 Å². The van der Waals surface area contributed by atoms with Crippen molar-refractivity contribution in [3.05, 3.63) is 64.2 Å². The maximum atomic E-state index is 12.4. The van der Waals surface area contributed by atoms with Crippen molar-refractivity contribution in [3.63, 3.8) is 0 Å². The number of hydrogen-bond acceptors (Lipinski definition) is 3. The van der Waals surface area contributed by atoms with Crippen LogP contribution in [-0.4, -0.2) is 48.5 Å². The smallest absolute Gasteiger partial charge is 0.260 e. The van der Waals surface area contributed by atoms with Gasteiger partial charge in [-0.2, -0.15) is 0 Å². The number of amides is 1. The van der Waals surface area contributed by atoms with Crippen molar-refractivity contribution in [2.45, 2.75) is 20.4 Å². The quantitative estimate of drug-likeness (QED) is 0.802. The Balaban J connectivity index is 1.45. The van der Waals surface area contributed by atoms with Gasteiger partial charge < -0.3 is 9.64 Å². The zero-order chi connectivity index (χ0) is 18.5. The fraction of sp³-hybridized carbons (Fsp3) is 0.381. The lowest BCUT2D eigenvalue weighted by Crippen LogP contribution is -2.49. The van der Waals surface area contributed by atoms with Crippen molar-refractivity contribution < 1.29 is 9.53 Å². The lowest BCUT2D eigenvalue weighted by Gasteiger charge is -2.34. The summed E-state index contributed by atoms with van der Waals surface area (Å²) in [6.07, 6.45) is 0. The van der Waals surface area contributed by atoms with E-state index in [9.17, 15) is 4.79 Å². The molecular weight excluding hydrogens is 348 g/mol. The molecule has 0 spiro atoms. The second-order valence-corrected chi connectivity index (χ2v) is 7.33. The number of ether oxygens (including phenoxy) is 1. The van der Waals surface area contributed by atoms with E-state index in [0.29, 0.717) is 0 Å². The fourth-order valence-corrected chi connectivity index (χ4v) is 3.38. The standard InChI is InChI=1S/C21H25ClN2O2/c1-16-11-17(2)13-20(12-16)26-15-21(25)24-9-7-23(8-10-24)14-18-3-5-19(22)6-4-18/h3-6,11-13H,7-10,14-15H2,1-2H3. The molecular formula is C21H25ClN2O2. The zero-order valence-electron chi connectivity index (χ0n) is 15.4. The second-order valence-electron chi connectivity index (χ2n) is 6.90. The number of aryl methyl sites for hydroxylation is 2. The first-order valence-corrected chi connectivity index (χ1v) is 9.33. The minimum absolute atomic E-state index is 0.0512. The predicted molar refractivity (Wildman–Crippen MR) is 105 cm³/mol. The lowest BCUT2D eigenvalue weighted by molar-refractivity contribution is -0.135. The van der Waals surface area contributed by atoms with Gasteiger partial charge >= 0.3 is 0 Å². The number of carbonyl (C=O) groups is 1. The summed E-state index contributed by atoms with van der Waals surface area (Å²) in [5, 5.41) is 0.757. The molecule has 0 unspecified atom stereocenters. The molecule has 1 aliphatic rings. The Labute approximate surface area is 160 Å². The lowest BCUT2D eigenvalue weighted by atomic mass is 10.1. The summed E-state index contributed by atoms with van der Waals surface area (Å²) in [5.41, 5.74) is 3.53. The maximum Gasteiger partial charge on any atom is 0.260 e. The molecule has 0 aliphatic carbocycles. The van der Waals surface area contributed by atoms with Gasteiger partial charge in [-0.05, 0) is 54.8 Å². The molecule has 1 fully saturated rings. The number of rotatable bonds is 5. The van der Waals surface area contributed by atoms with E-state index in [1.54, 1.807) is 0 Å². The molecule has 26 heavy (non-hydrogen) atoms. The summed E-state index contributed by atoms with van der Waals surface area (Å²) in [7, 11) is 0. The molecule has 0 saturated carbocycles. The molecule has 1 amide bonds. The highest BCUT2D eigenvalue weighted by molar-refractivity contribution is 6.30. The summed E-state index contributed by atoms with van der Waals surface area (Å²) >= 11 is 5.93. The van der Waals surface area contributed by atoms with Crippen LogP contribution in [0, 0.1) is 13.8 Å². The van der Waals surface area contributed by atoms with Crippen LogP contribution in [0.2, 0.25) is 5.02 Å². The van der Waals surface area contributed by atoms with E-state index in [-0.39, 0.29) is 12.5 Å². The highest BCUT2D eigenvalue weighted by Gasteiger charge is 2.21. The summed E-state index contributed by atoms with van der Waals surface area (Å²) in [5.74, 6) is 0.813. The summed E-state index contributed by atoms with van der Waals surface area (Å²) < 4.78 is 5.70. The van der Waals surface area contributed by atoms with E-state index in [1.165, 1.54) is 5.56 Å². The molecule has 3 rings (SSSR count). The van der Waals surface area contributed by atoms with Crippen molar-refractivity contribution >= 4 is 17.5 Å². The first-order valence-electron chi connectivity index (χ1n) is 8.95. The number of benzene rings is 2. The summed E-state index contributed by atoms with van der Waals surface area (Å²) in [6.45, 7) is 8.27. The second kappa shape index (κ2) is 8.56. The van der Waals surface area contributed by atoms with Gasteiger partial charge in [0.2, 0.25) is 0 Å². The van der Waals surface area contributed by atoms with E-state index < -0.39 is 0 Å². The zero-order valence-corrected chi connectivity index (χ0v) is 16.1. The van der Waals surface area contributed by atoms with Crippen LogP contribution >= 0.6 is 11.6 Å². The third-order valence-electron chi connectivity index (χ3n) is 4.60. The molecule has 138 valence electrons. The van der Waals surface area contributed by atoms with Crippen LogP contribution in [0.4, 0.5) is 0 Å². The van der Waals surface area contributed by atoms with Crippen molar-refractivity contribution in [1.82, 2.24) is 9.80 Å². The summed E-state index contributed by atoms with van der Waals surface area (Å²) in [6, 6.07) is 14.0. The Morgan fingerprint density at radius 3 is 2.23 bits per heavy atom. The Hall–Kier alpha value is -2.04. The number of nitrogens with zero attached hydrogens (tertiary/aromatic N) is 2. The average Bonchev–Trinajstić information content (AvgIpc) is 2.61. The molecule has 0 bridgehead atoms. The molecule has 5 heteroatoms. The van der Waals surface area contributed by atoms with E-state index >= 15 is 0 Å². The average molecular weight is 373 g/mol. The molecule has 1 aliphatic heterocycles. The van der Waals surface area contributed by atoms with Gasteiger partial charge in [0.25, 0.3) is 5.91 Å². The molecule has 1 heterocycles.